The summed E-state index contributed by atoms with van der Waals surface area (Å²) in [5, 5.41) is 0. The fourth-order valence-corrected chi connectivity index (χ4v) is 6.69. The van der Waals surface area contributed by atoms with Crippen molar-refractivity contribution in [3.8, 4) is 0 Å². The molecule has 0 aliphatic heterocycles. The fourth-order valence-electron chi connectivity index (χ4n) is 5.97. The van der Waals surface area contributed by atoms with Gasteiger partial charge in [0.15, 0.2) is 6.10 Å². The Bertz CT molecular complexity index is 980. The minimum absolute atomic E-state index is 0.0313. The molecule has 0 rings (SSSR count). The number of allylic oxidation sites excluding steroid dienone is 4. The maximum Gasteiger partial charge on any atom is 0.306 e. The summed E-state index contributed by atoms with van der Waals surface area (Å²) in [4.78, 5) is 37.5. The Kier molecular flexibility index (Phi) is 36.1. The molecule has 54 heavy (non-hydrogen) atoms. The lowest BCUT2D eigenvalue weighted by atomic mass is 10.0. The molecule has 0 aromatic carbocycles. The Labute approximate surface area is 332 Å². The molecule has 0 aliphatic carbocycles. The number of likely N-dealkylation sites (N-methyl/N-ethyl adjacent to an activating group) is 1. The third-order valence-corrected chi connectivity index (χ3v) is 10.4. The highest BCUT2D eigenvalue weighted by Gasteiger charge is 2.21. The highest BCUT2D eigenvalue weighted by atomic mass is 31.2. The third kappa shape index (κ3) is 40.2. The first-order chi connectivity index (χ1) is 26.0. The normalized spacial score (nSPS) is 13.8. The van der Waals surface area contributed by atoms with Crippen LogP contribution in [-0.4, -0.2) is 70.0 Å². The van der Waals surface area contributed by atoms with Crippen LogP contribution in [0.1, 0.15) is 194 Å². The summed E-state index contributed by atoms with van der Waals surface area (Å²) in [7, 11) is 1.16. The minimum Gasteiger partial charge on any atom is -0.756 e. The second-order valence-electron chi connectivity index (χ2n) is 16.1. The molecule has 0 saturated heterocycles. The van der Waals surface area contributed by atoms with E-state index in [1.165, 1.54) is 96.3 Å². The van der Waals surface area contributed by atoms with Gasteiger partial charge in [-0.15, -0.1) is 0 Å². The molecule has 0 spiro atoms. The predicted octanol–water partition coefficient (Wildman–Crippen LogP) is 11.7. The second-order valence-corrected chi connectivity index (χ2v) is 17.5. The number of esters is 2. The lowest BCUT2D eigenvalue weighted by Crippen LogP contribution is -2.37. The smallest absolute Gasteiger partial charge is 0.306 e. The number of rotatable bonds is 40. The predicted molar refractivity (Wildman–Crippen MR) is 222 cm³/mol. The van der Waals surface area contributed by atoms with Crippen LogP contribution in [0.2, 0.25) is 0 Å². The number of quaternary nitrogens is 1. The molecular formula is C44H84NO8P. The summed E-state index contributed by atoms with van der Waals surface area (Å²) >= 11 is 0. The fraction of sp³-hybridized carbons (Fsp3) is 0.864. The zero-order valence-corrected chi connectivity index (χ0v) is 36.6. The van der Waals surface area contributed by atoms with E-state index in [0.717, 1.165) is 57.8 Å². The molecule has 0 heterocycles. The van der Waals surface area contributed by atoms with Gasteiger partial charge in [0.05, 0.1) is 27.7 Å². The third-order valence-electron chi connectivity index (χ3n) is 9.47. The molecule has 0 aliphatic rings. The highest BCUT2D eigenvalue weighted by molar-refractivity contribution is 7.45. The highest BCUT2D eigenvalue weighted by Crippen LogP contribution is 2.38. The van der Waals surface area contributed by atoms with Crippen LogP contribution in [0.15, 0.2) is 24.3 Å². The zero-order valence-electron chi connectivity index (χ0n) is 35.7. The molecule has 1 unspecified atom stereocenters. The van der Waals surface area contributed by atoms with Gasteiger partial charge in [0, 0.05) is 12.8 Å². The van der Waals surface area contributed by atoms with Crippen molar-refractivity contribution in [3.63, 3.8) is 0 Å². The van der Waals surface area contributed by atoms with E-state index in [4.69, 9.17) is 18.5 Å². The zero-order chi connectivity index (χ0) is 40.0. The summed E-state index contributed by atoms with van der Waals surface area (Å²) in [5.74, 6) is -0.844. The van der Waals surface area contributed by atoms with Gasteiger partial charge < -0.3 is 27.9 Å². The maximum absolute atomic E-state index is 12.7. The van der Waals surface area contributed by atoms with Gasteiger partial charge in [-0.2, -0.15) is 0 Å². The average molecular weight is 786 g/mol. The van der Waals surface area contributed by atoms with Crippen LogP contribution in [0.4, 0.5) is 0 Å². The summed E-state index contributed by atoms with van der Waals surface area (Å²) in [6, 6.07) is 0. The molecule has 0 N–H and O–H groups in total. The van der Waals surface area contributed by atoms with Crippen molar-refractivity contribution in [2.24, 2.45) is 0 Å². The Morgan fingerprint density at radius 2 is 1.02 bits per heavy atom. The molecule has 318 valence electrons. The van der Waals surface area contributed by atoms with Crippen molar-refractivity contribution in [3.05, 3.63) is 24.3 Å². The Hall–Kier alpha value is -1.51. The van der Waals surface area contributed by atoms with Gasteiger partial charge >= 0.3 is 11.9 Å². The van der Waals surface area contributed by atoms with Crippen LogP contribution >= 0.6 is 7.82 Å². The number of nitrogens with zero attached hydrogens (tertiary/aromatic N) is 1. The van der Waals surface area contributed by atoms with Gasteiger partial charge in [0.25, 0.3) is 7.82 Å². The first-order valence-corrected chi connectivity index (χ1v) is 23.5. The number of unbranched alkanes of at least 4 members (excludes halogenated alkanes) is 22. The molecule has 0 fully saturated rings. The largest absolute Gasteiger partial charge is 0.756 e. The molecule has 0 aromatic rings. The molecule has 2 atom stereocenters. The second kappa shape index (κ2) is 37.1. The molecule has 0 bridgehead atoms. The van der Waals surface area contributed by atoms with Crippen LogP contribution in [-0.2, 0) is 32.7 Å². The monoisotopic (exact) mass is 786 g/mol. The van der Waals surface area contributed by atoms with Gasteiger partial charge in [-0.1, -0.05) is 167 Å². The number of carbonyl (C=O) groups is 2. The number of ether oxygens (including phenoxy) is 2. The van der Waals surface area contributed by atoms with Crippen LogP contribution in [0.3, 0.4) is 0 Å². The van der Waals surface area contributed by atoms with Crippen LogP contribution in [0.25, 0.3) is 0 Å². The Morgan fingerprint density at radius 3 is 1.52 bits per heavy atom. The van der Waals surface area contributed by atoms with Gasteiger partial charge in [0.2, 0.25) is 0 Å². The van der Waals surface area contributed by atoms with E-state index in [2.05, 4.69) is 38.2 Å². The maximum atomic E-state index is 12.7. The lowest BCUT2D eigenvalue weighted by Gasteiger charge is -2.28. The summed E-state index contributed by atoms with van der Waals surface area (Å²) in [6.07, 6.45) is 39.1. The van der Waals surface area contributed by atoms with E-state index in [0.29, 0.717) is 23.9 Å². The number of hydrogen-bond donors (Lipinski definition) is 0. The van der Waals surface area contributed by atoms with Crippen molar-refractivity contribution in [1.82, 2.24) is 0 Å². The molecule has 9 nitrogen and oxygen atoms in total. The first-order valence-electron chi connectivity index (χ1n) is 22.0. The molecule has 0 amide bonds. The van der Waals surface area contributed by atoms with E-state index in [9.17, 15) is 19.0 Å². The topological polar surface area (TPSA) is 111 Å². The van der Waals surface area contributed by atoms with E-state index in [-0.39, 0.29) is 26.1 Å². The van der Waals surface area contributed by atoms with Crippen LogP contribution in [0.5, 0.6) is 0 Å². The molecule has 0 aromatic heterocycles. The van der Waals surface area contributed by atoms with Crippen molar-refractivity contribution < 1.29 is 42.1 Å². The van der Waals surface area contributed by atoms with Crippen LogP contribution < -0.4 is 4.89 Å². The number of phosphoric acid groups is 1. The van der Waals surface area contributed by atoms with E-state index in [1.54, 1.807) is 0 Å². The minimum atomic E-state index is -4.62. The standard InChI is InChI=1S/C44H84NO8P/c1-6-8-10-12-14-16-18-20-22-23-25-27-29-31-33-35-37-44(47)53-42(41-52-54(48,49)51-39-38-45(3,4)5)40-50-43(46)36-34-32-30-28-26-24-21-19-17-15-13-11-9-7-2/h13,15,19,21,42H,6-12,14,16-18,20,22-41H2,1-5H3/b15-13-,21-19-/t42-/m1/s1. The summed E-state index contributed by atoms with van der Waals surface area (Å²) < 4.78 is 33.9. The number of phosphoric ester groups is 1. The van der Waals surface area contributed by atoms with E-state index >= 15 is 0 Å². The average Bonchev–Trinajstić information content (AvgIpc) is 3.12. The quantitative estimate of drug-likeness (QED) is 0.0198. The Morgan fingerprint density at radius 1 is 0.574 bits per heavy atom. The number of hydrogen-bond acceptors (Lipinski definition) is 8. The summed E-state index contributed by atoms with van der Waals surface area (Å²) in [6.45, 7) is 4.18. The number of carbonyl (C=O) groups excluding carboxylic acids is 2. The molecule has 0 radical (unpaired) electrons. The van der Waals surface area contributed by atoms with Crippen molar-refractivity contribution in [1.29, 1.82) is 0 Å². The van der Waals surface area contributed by atoms with Crippen LogP contribution in [0, 0.1) is 0 Å². The van der Waals surface area contributed by atoms with Gasteiger partial charge in [-0.05, 0) is 38.5 Å². The van der Waals surface area contributed by atoms with Crippen molar-refractivity contribution in [2.75, 3.05) is 47.5 Å². The molecule has 0 saturated carbocycles. The van der Waals surface area contributed by atoms with Gasteiger partial charge in [-0.25, -0.2) is 0 Å². The first kappa shape index (κ1) is 52.5. The van der Waals surface area contributed by atoms with Crippen molar-refractivity contribution in [2.45, 2.75) is 200 Å². The molecular weight excluding hydrogens is 701 g/mol. The van der Waals surface area contributed by atoms with Gasteiger partial charge in [-0.3, -0.25) is 14.2 Å². The molecule has 10 heteroatoms. The Balaban J connectivity index is 4.36. The van der Waals surface area contributed by atoms with E-state index in [1.807, 2.05) is 21.1 Å². The lowest BCUT2D eigenvalue weighted by molar-refractivity contribution is -0.870. The summed E-state index contributed by atoms with van der Waals surface area (Å²) in [5.41, 5.74) is 0. The van der Waals surface area contributed by atoms with E-state index < -0.39 is 32.5 Å². The van der Waals surface area contributed by atoms with Gasteiger partial charge in [0.1, 0.15) is 19.8 Å². The van der Waals surface area contributed by atoms with Crippen molar-refractivity contribution >= 4 is 19.8 Å². The SMILES string of the molecule is CCCC/C=C\C/C=C\CCCCCCCC(=O)OC[C@H](COP(=O)([O-])OCC[N+](C)(C)C)OC(=O)CCCCCCCCCCCCCCCCCC.